The molecule has 0 radical (unpaired) electrons. The minimum Gasteiger partial charge on any atom is -0.388 e. The molecule has 0 aliphatic carbocycles. The lowest BCUT2D eigenvalue weighted by molar-refractivity contribution is 0.614. The van der Waals surface area contributed by atoms with Gasteiger partial charge in [0.15, 0.2) is 0 Å². The minimum absolute atomic E-state index is 0.0972. The van der Waals surface area contributed by atoms with Crippen molar-refractivity contribution in [1.29, 1.82) is 0 Å². The van der Waals surface area contributed by atoms with E-state index in [1.165, 1.54) is 11.1 Å². The van der Waals surface area contributed by atoms with Crippen LogP contribution in [0.4, 0.5) is 10.1 Å². The van der Waals surface area contributed by atoms with Gasteiger partial charge in [-0.3, -0.25) is 0 Å². The van der Waals surface area contributed by atoms with E-state index in [0.717, 1.165) is 30.5 Å². The zero-order valence-corrected chi connectivity index (χ0v) is 10.1. The fourth-order valence-corrected chi connectivity index (χ4v) is 2.07. The van der Waals surface area contributed by atoms with Gasteiger partial charge in [-0.15, -0.1) is 0 Å². The van der Waals surface area contributed by atoms with E-state index in [0.29, 0.717) is 0 Å². The third-order valence-electron chi connectivity index (χ3n) is 2.89. The highest BCUT2D eigenvalue weighted by atomic mass is 19.1. The van der Waals surface area contributed by atoms with Crippen LogP contribution >= 0.6 is 0 Å². The maximum Gasteiger partial charge on any atom is 0.128 e. The van der Waals surface area contributed by atoms with Crippen LogP contribution in [0.5, 0.6) is 0 Å². The average Bonchev–Trinajstić information content (AvgIpc) is 2.24. The maximum atomic E-state index is 13.6. The van der Waals surface area contributed by atoms with E-state index in [-0.39, 0.29) is 5.82 Å². The predicted molar refractivity (Wildman–Crippen MR) is 64.1 cm³/mol. The summed E-state index contributed by atoms with van der Waals surface area (Å²) >= 11 is 0. The van der Waals surface area contributed by atoms with Gasteiger partial charge in [-0.05, 0) is 42.5 Å². The Balaban J connectivity index is 3.35. The summed E-state index contributed by atoms with van der Waals surface area (Å²) < 4.78 is 13.6. The molecule has 15 heavy (non-hydrogen) atoms. The Morgan fingerprint density at radius 1 is 1.27 bits per heavy atom. The van der Waals surface area contributed by atoms with Crippen molar-refractivity contribution in [3.05, 3.63) is 28.6 Å². The van der Waals surface area contributed by atoms with Crippen LogP contribution < -0.4 is 5.32 Å². The number of nitrogens with one attached hydrogen (secondary N) is 1. The Bertz CT molecular complexity index is 345. The molecule has 0 saturated heterocycles. The number of benzene rings is 1. The molecule has 84 valence electrons. The van der Waals surface area contributed by atoms with Gasteiger partial charge in [0.1, 0.15) is 5.82 Å². The molecule has 0 heterocycles. The van der Waals surface area contributed by atoms with Crippen molar-refractivity contribution >= 4 is 5.69 Å². The molecule has 0 atom stereocenters. The Labute approximate surface area is 91.7 Å². The smallest absolute Gasteiger partial charge is 0.128 e. The van der Waals surface area contributed by atoms with E-state index < -0.39 is 0 Å². The van der Waals surface area contributed by atoms with Crippen LogP contribution in [0.1, 0.15) is 37.0 Å². The van der Waals surface area contributed by atoms with Gasteiger partial charge in [-0.2, -0.15) is 0 Å². The number of anilines is 1. The fraction of sp³-hybridized carbons (Fsp3) is 0.538. The van der Waals surface area contributed by atoms with E-state index >= 15 is 0 Å². The van der Waals surface area contributed by atoms with Gasteiger partial charge in [0, 0.05) is 12.7 Å². The Morgan fingerprint density at radius 2 is 1.93 bits per heavy atom. The molecule has 1 nitrogen and oxygen atoms in total. The van der Waals surface area contributed by atoms with Crippen molar-refractivity contribution in [2.75, 3.05) is 12.4 Å². The number of halogens is 1. The van der Waals surface area contributed by atoms with Crippen LogP contribution in [0, 0.1) is 12.7 Å². The summed E-state index contributed by atoms with van der Waals surface area (Å²) in [6, 6.07) is 1.60. The highest BCUT2D eigenvalue weighted by Crippen LogP contribution is 2.27. The predicted octanol–water partition coefficient (Wildman–Crippen LogP) is 3.69. The SMILES string of the molecule is CCCc1c(C)c(F)cc(NC)c1CC. The standard InChI is InChI=1S/C13H20FN/c1-5-7-11-9(3)12(14)8-13(15-4)10(11)6-2/h8,15H,5-7H2,1-4H3. The largest absolute Gasteiger partial charge is 0.388 e. The first kappa shape index (κ1) is 12.0. The molecule has 0 bridgehead atoms. The lowest BCUT2D eigenvalue weighted by atomic mass is 9.94. The van der Waals surface area contributed by atoms with Crippen molar-refractivity contribution in [3.63, 3.8) is 0 Å². The third kappa shape index (κ3) is 2.31. The van der Waals surface area contributed by atoms with Crippen LogP contribution in [-0.4, -0.2) is 7.05 Å². The van der Waals surface area contributed by atoms with Crippen LogP contribution in [0.2, 0.25) is 0 Å². The molecule has 0 fully saturated rings. The van der Waals surface area contributed by atoms with Crippen LogP contribution in [0.25, 0.3) is 0 Å². The molecule has 1 N–H and O–H groups in total. The minimum atomic E-state index is -0.0972. The molecular weight excluding hydrogens is 189 g/mol. The second kappa shape index (κ2) is 5.15. The summed E-state index contributed by atoms with van der Waals surface area (Å²) in [7, 11) is 1.85. The number of rotatable bonds is 4. The Morgan fingerprint density at radius 3 is 2.40 bits per heavy atom. The molecule has 2 heteroatoms. The van der Waals surface area contributed by atoms with Crippen molar-refractivity contribution in [2.24, 2.45) is 0 Å². The highest BCUT2D eigenvalue weighted by molar-refractivity contribution is 5.57. The molecular formula is C13H20FN. The lowest BCUT2D eigenvalue weighted by Crippen LogP contribution is -2.04. The second-order valence-corrected chi connectivity index (χ2v) is 3.84. The molecule has 0 amide bonds. The van der Waals surface area contributed by atoms with Gasteiger partial charge < -0.3 is 5.32 Å². The average molecular weight is 209 g/mol. The van der Waals surface area contributed by atoms with Crippen LogP contribution in [0.15, 0.2) is 6.07 Å². The van der Waals surface area contributed by atoms with E-state index in [9.17, 15) is 4.39 Å². The monoisotopic (exact) mass is 209 g/mol. The van der Waals surface area contributed by atoms with Crippen molar-refractivity contribution in [3.8, 4) is 0 Å². The van der Waals surface area contributed by atoms with Crippen molar-refractivity contribution in [1.82, 2.24) is 0 Å². The molecule has 0 saturated carbocycles. The summed E-state index contributed by atoms with van der Waals surface area (Å²) in [4.78, 5) is 0. The topological polar surface area (TPSA) is 12.0 Å². The van der Waals surface area contributed by atoms with Gasteiger partial charge in [0.25, 0.3) is 0 Å². The summed E-state index contributed by atoms with van der Waals surface area (Å²) in [5.41, 5.74) is 4.19. The third-order valence-corrected chi connectivity index (χ3v) is 2.89. The van der Waals surface area contributed by atoms with E-state index in [2.05, 4.69) is 19.2 Å². The molecule has 1 rings (SSSR count). The first-order valence-corrected chi connectivity index (χ1v) is 5.64. The van der Waals surface area contributed by atoms with Gasteiger partial charge in [0.05, 0.1) is 0 Å². The van der Waals surface area contributed by atoms with Gasteiger partial charge >= 0.3 is 0 Å². The van der Waals surface area contributed by atoms with Crippen LogP contribution in [0.3, 0.4) is 0 Å². The molecule has 0 aliphatic rings. The number of hydrogen-bond donors (Lipinski definition) is 1. The zero-order valence-electron chi connectivity index (χ0n) is 10.1. The molecule has 0 aromatic heterocycles. The molecule has 0 spiro atoms. The van der Waals surface area contributed by atoms with E-state index in [1.807, 2.05) is 14.0 Å². The fourth-order valence-electron chi connectivity index (χ4n) is 2.07. The lowest BCUT2D eigenvalue weighted by Gasteiger charge is -2.16. The molecule has 1 aromatic carbocycles. The Kier molecular flexibility index (Phi) is 4.13. The Hall–Kier alpha value is -1.05. The summed E-state index contributed by atoms with van der Waals surface area (Å²) in [6.45, 7) is 6.12. The quantitative estimate of drug-likeness (QED) is 0.797. The maximum absolute atomic E-state index is 13.6. The van der Waals surface area contributed by atoms with Crippen molar-refractivity contribution in [2.45, 2.75) is 40.0 Å². The second-order valence-electron chi connectivity index (χ2n) is 3.84. The van der Waals surface area contributed by atoms with Gasteiger partial charge in [0.2, 0.25) is 0 Å². The molecule has 0 aliphatic heterocycles. The number of hydrogen-bond acceptors (Lipinski definition) is 1. The van der Waals surface area contributed by atoms with Crippen LogP contribution in [-0.2, 0) is 12.8 Å². The summed E-state index contributed by atoms with van der Waals surface area (Å²) in [5.74, 6) is -0.0972. The van der Waals surface area contributed by atoms with Crippen molar-refractivity contribution < 1.29 is 4.39 Å². The molecule has 0 unspecified atom stereocenters. The van der Waals surface area contributed by atoms with Gasteiger partial charge in [-0.1, -0.05) is 20.3 Å². The zero-order chi connectivity index (χ0) is 11.4. The highest BCUT2D eigenvalue weighted by Gasteiger charge is 2.12. The summed E-state index contributed by atoms with van der Waals surface area (Å²) in [5, 5.41) is 3.07. The van der Waals surface area contributed by atoms with E-state index in [4.69, 9.17) is 0 Å². The molecule has 1 aromatic rings. The first-order valence-electron chi connectivity index (χ1n) is 5.64. The van der Waals surface area contributed by atoms with Gasteiger partial charge in [-0.25, -0.2) is 4.39 Å². The first-order chi connectivity index (χ1) is 7.15. The normalized spacial score (nSPS) is 10.5. The van der Waals surface area contributed by atoms with E-state index in [1.54, 1.807) is 6.07 Å². The summed E-state index contributed by atoms with van der Waals surface area (Å²) in [6.07, 6.45) is 2.97.